The number of nitrogens with zero attached hydrogens (tertiary/aromatic N) is 6. The van der Waals surface area contributed by atoms with Gasteiger partial charge in [-0.05, 0) is 177 Å². The van der Waals surface area contributed by atoms with Crippen LogP contribution in [0.15, 0.2) is 292 Å². The van der Waals surface area contributed by atoms with E-state index in [0.29, 0.717) is 0 Å². The smallest absolute Gasteiger partial charge is 0.0702 e. The van der Waals surface area contributed by atoms with E-state index in [1.807, 2.05) is 67.3 Å². The molecular weight excluding hydrogens is 973 g/mol. The molecule has 0 amide bonds. The van der Waals surface area contributed by atoms with Crippen LogP contribution in [0.4, 0.5) is 11.4 Å². The number of allylic oxidation sites excluding steroid dienone is 2. The maximum atomic E-state index is 4.72. The number of fused-ring (bicyclic) bond motifs is 6. The second-order valence-electron chi connectivity index (χ2n) is 20.6. The average molecular weight is 1020 g/mol. The highest BCUT2D eigenvalue weighted by atomic mass is 15.2. The van der Waals surface area contributed by atoms with Gasteiger partial charge < -0.3 is 9.47 Å². The Morgan fingerprint density at radius 2 is 0.725 bits per heavy atom. The van der Waals surface area contributed by atoms with E-state index in [4.69, 9.17) is 9.97 Å². The van der Waals surface area contributed by atoms with E-state index < -0.39 is 0 Å². The van der Waals surface area contributed by atoms with Crippen molar-refractivity contribution in [3.63, 3.8) is 0 Å². The van der Waals surface area contributed by atoms with Gasteiger partial charge in [0, 0.05) is 80.8 Å². The lowest BCUT2D eigenvalue weighted by Gasteiger charge is -2.30. The van der Waals surface area contributed by atoms with Gasteiger partial charge in [-0.1, -0.05) is 140 Å². The van der Waals surface area contributed by atoms with Crippen molar-refractivity contribution in [3.8, 4) is 84.1 Å². The maximum absolute atomic E-state index is 4.72. The van der Waals surface area contributed by atoms with Gasteiger partial charge in [-0.15, -0.1) is 0 Å². The Morgan fingerprint density at radius 3 is 1.24 bits per heavy atom. The number of benzene rings is 8. The summed E-state index contributed by atoms with van der Waals surface area (Å²) in [5.74, 6) is 0.0867. The van der Waals surface area contributed by atoms with Crippen molar-refractivity contribution in [1.29, 1.82) is 0 Å². The summed E-state index contributed by atoms with van der Waals surface area (Å²) in [4.78, 5) is 21.3. The minimum Gasteiger partial charge on any atom is -0.333 e. The molecule has 0 N–H and O–H groups in total. The molecule has 15 rings (SSSR count). The van der Waals surface area contributed by atoms with Gasteiger partial charge >= 0.3 is 0 Å². The van der Waals surface area contributed by atoms with Crippen molar-refractivity contribution >= 4 is 38.8 Å². The van der Waals surface area contributed by atoms with Crippen LogP contribution in [0, 0.1) is 0 Å². The number of hydrogen-bond donors (Lipinski definition) is 0. The van der Waals surface area contributed by atoms with Crippen molar-refractivity contribution in [2.24, 2.45) is 0 Å². The first-order valence-electron chi connectivity index (χ1n) is 27.2. The first-order valence-corrected chi connectivity index (χ1v) is 27.2. The van der Waals surface area contributed by atoms with E-state index in [2.05, 4.69) is 244 Å². The second kappa shape index (κ2) is 19.8. The molecule has 0 bridgehead atoms. The number of pyridine rings is 4. The van der Waals surface area contributed by atoms with Crippen molar-refractivity contribution in [1.82, 2.24) is 24.5 Å². The molecule has 0 spiro atoms. The zero-order valence-corrected chi connectivity index (χ0v) is 43.6. The summed E-state index contributed by atoms with van der Waals surface area (Å²) in [5.41, 5.74) is 24.5. The molecular formula is C74H50N6. The Morgan fingerprint density at radius 1 is 0.312 bits per heavy atom. The predicted octanol–water partition coefficient (Wildman–Crippen LogP) is 18.3. The maximum Gasteiger partial charge on any atom is 0.0702 e. The average Bonchev–Trinajstić information content (AvgIpc) is 4.06. The summed E-state index contributed by atoms with van der Waals surface area (Å²) >= 11 is 0. The van der Waals surface area contributed by atoms with Gasteiger partial charge in [0.25, 0.3) is 0 Å². The van der Waals surface area contributed by atoms with Crippen LogP contribution in [0.3, 0.4) is 0 Å². The van der Waals surface area contributed by atoms with Crippen LogP contribution in [0.1, 0.15) is 17.0 Å². The number of anilines is 2. The van der Waals surface area contributed by atoms with E-state index in [9.17, 15) is 0 Å². The van der Waals surface area contributed by atoms with Gasteiger partial charge in [0.15, 0.2) is 0 Å². The Balaban J connectivity index is 0.829. The Kier molecular flexibility index (Phi) is 11.6. The fourth-order valence-electron chi connectivity index (χ4n) is 12.1. The van der Waals surface area contributed by atoms with Gasteiger partial charge in [0.1, 0.15) is 0 Å². The predicted molar refractivity (Wildman–Crippen MR) is 329 cm³/mol. The van der Waals surface area contributed by atoms with Crippen LogP contribution in [0.25, 0.3) is 111 Å². The summed E-state index contributed by atoms with van der Waals surface area (Å²) in [5, 5.41) is 2.37. The molecule has 2 unspecified atom stereocenters. The van der Waals surface area contributed by atoms with E-state index in [-0.39, 0.29) is 12.0 Å². The lowest BCUT2D eigenvalue weighted by atomic mass is 9.85. The van der Waals surface area contributed by atoms with Gasteiger partial charge in [-0.3, -0.25) is 19.9 Å². The van der Waals surface area contributed by atoms with Crippen LogP contribution in [-0.2, 0) is 0 Å². The third-order valence-corrected chi connectivity index (χ3v) is 15.9. The quantitative estimate of drug-likeness (QED) is 0.137. The van der Waals surface area contributed by atoms with Crippen LogP contribution in [0.5, 0.6) is 0 Å². The zero-order chi connectivity index (χ0) is 52.9. The largest absolute Gasteiger partial charge is 0.333 e. The second-order valence-corrected chi connectivity index (χ2v) is 20.6. The molecule has 80 heavy (non-hydrogen) atoms. The molecule has 0 saturated carbocycles. The lowest BCUT2D eigenvalue weighted by Crippen LogP contribution is -2.29. The molecule has 13 aromatic rings. The van der Waals surface area contributed by atoms with Gasteiger partial charge in [0.05, 0.1) is 39.9 Å². The highest BCUT2D eigenvalue weighted by Gasteiger charge is 2.39. The molecule has 1 aliphatic carbocycles. The van der Waals surface area contributed by atoms with Gasteiger partial charge in [-0.2, -0.15) is 0 Å². The van der Waals surface area contributed by atoms with Gasteiger partial charge in [-0.25, -0.2) is 0 Å². The monoisotopic (exact) mass is 1020 g/mol. The van der Waals surface area contributed by atoms with Crippen molar-refractivity contribution in [2.45, 2.75) is 12.0 Å². The Hall–Kier alpha value is -10.6. The summed E-state index contributed by atoms with van der Waals surface area (Å²) in [6.45, 7) is 0. The van der Waals surface area contributed by atoms with E-state index in [1.165, 1.54) is 38.7 Å². The zero-order valence-electron chi connectivity index (χ0n) is 43.6. The minimum absolute atomic E-state index is 0.0674. The highest BCUT2D eigenvalue weighted by Crippen LogP contribution is 2.51. The molecule has 8 aromatic carbocycles. The topological polar surface area (TPSA) is 59.7 Å². The van der Waals surface area contributed by atoms with Crippen LogP contribution in [-0.4, -0.2) is 30.5 Å². The van der Waals surface area contributed by atoms with Gasteiger partial charge in [0.2, 0.25) is 0 Å². The fraction of sp³-hybridized carbons (Fsp3) is 0.0270. The van der Waals surface area contributed by atoms with Crippen LogP contribution < -0.4 is 4.90 Å². The Bertz CT molecular complexity index is 4550. The summed E-state index contributed by atoms with van der Waals surface area (Å²) in [6.07, 6.45) is 14.7. The highest BCUT2D eigenvalue weighted by molar-refractivity contribution is 6.12. The first-order chi connectivity index (χ1) is 39.6. The van der Waals surface area contributed by atoms with Crippen LogP contribution >= 0.6 is 0 Å². The summed E-state index contributed by atoms with van der Waals surface area (Å²) in [7, 11) is 0. The van der Waals surface area contributed by atoms with E-state index in [0.717, 1.165) is 95.3 Å². The molecule has 0 radical (unpaired) electrons. The Labute approximate surface area is 464 Å². The van der Waals surface area contributed by atoms with E-state index >= 15 is 0 Å². The van der Waals surface area contributed by atoms with Crippen molar-refractivity contribution in [3.05, 3.63) is 303 Å². The number of rotatable bonds is 10. The normalized spacial score (nSPS) is 14.5. The molecule has 6 heteroatoms. The third kappa shape index (κ3) is 8.47. The molecule has 2 aliphatic rings. The minimum atomic E-state index is 0.0674. The van der Waals surface area contributed by atoms with E-state index in [1.54, 1.807) is 0 Å². The van der Waals surface area contributed by atoms with Crippen molar-refractivity contribution < 1.29 is 0 Å². The van der Waals surface area contributed by atoms with Crippen LogP contribution in [0.2, 0.25) is 0 Å². The first kappa shape index (κ1) is 46.7. The molecule has 0 saturated heterocycles. The third-order valence-electron chi connectivity index (χ3n) is 15.9. The van der Waals surface area contributed by atoms with Crippen molar-refractivity contribution in [2.75, 3.05) is 4.90 Å². The molecule has 376 valence electrons. The molecule has 5 aromatic heterocycles. The molecule has 0 fully saturated rings. The summed E-state index contributed by atoms with van der Waals surface area (Å²) < 4.78 is 2.40. The molecule has 1 aliphatic heterocycles. The SMILES string of the molecule is C1=CC2C(C=C1c1cccc(-c3ccc4c(c3)c3cc(-c5cccc(-c6ccccn6)c5)ccc3n4-c3cccc(-c4ccccn4)c3)c1)c1cc(-c3cccc(-c4ccccn4)c3)ccc1N2c1cccc(-c2ccccn2)c1. The summed E-state index contributed by atoms with van der Waals surface area (Å²) in [6, 6.07) is 89.3. The lowest BCUT2D eigenvalue weighted by molar-refractivity contribution is 0.747. The molecule has 2 atom stereocenters. The molecule has 6 heterocycles. The number of aromatic nitrogens is 5. The standard InChI is InChI=1S/C74H50N6/c1-5-36-75-67(24-1)57-18-10-16-51(41-57)55-30-34-73-65(47-55)63-45-53(28-32-71(63)79(73)61-22-12-20-59(43-61)69-26-3-7-38-77-69)49-14-9-15-50(40-49)54-29-33-72-64(46-54)66-48-56(52-17-11-19-58(42-52)68-25-2-6-37-76-68)31-35-74(66)80(72)62-23-13-21-60(44-62)70-27-4-8-39-78-70/h1-48,63,71H. The number of hydrogen-bond acceptors (Lipinski definition) is 5. The molecule has 6 nitrogen and oxygen atoms in total. The fourth-order valence-corrected chi connectivity index (χ4v) is 12.1.